The molecule has 1 unspecified atom stereocenters. The van der Waals surface area contributed by atoms with Gasteiger partial charge in [0.2, 0.25) is 5.91 Å². The van der Waals surface area contributed by atoms with Crippen molar-refractivity contribution in [2.45, 2.75) is 76.1 Å². The van der Waals surface area contributed by atoms with Crippen LogP contribution in [0.25, 0.3) is 6.08 Å². The van der Waals surface area contributed by atoms with E-state index in [1.54, 1.807) is 35.8 Å². The maximum Gasteiger partial charge on any atom is 0.243 e. The molecule has 1 aliphatic rings. The Balaban J connectivity index is 1.75. The van der Waals surface area contributed by atoms with Gasteiger partial charge < -0.3 is 15.3 Å². The van der Waals surface area contributed by atoms with Crippen LogP contribution in [0.1, 0.15) is 63.4 Å². The molecule has 1 amide bonds. The van der Waals surface area contributed by atoms with Crippen LogP contribution >= 0.6 is 0 Å². The molecule has 0 heterocycles. The van der Waals surface area contributed by atoms with Crippen LogP contribution in [0, 0.1) is 17.7 Å². The van der Waals surface area contributed by atoms with E-state index in [0.29, 0.717) is 37.7 Å². The fraction of sp³-hybridized carbons (Fsp3) is 0.609. The van der Waals surface area contributed by atoms with Gasteiger partial charge in [0.05, 0.1) is 18.3 Å². The van der Waals surface area contributed by atoms with Gasteiger partial charge in [-0.05, 0) is 50.0 Å². The summed E-state index contributed by atoms with van der Waals surface area (Å²) in [5, 5.41) is 39.4. The third-order valence-electron chi connectivity index (χ3n) is 6.04. The Morgan fingerprint density at radius 2 is 1.77 bits per heavy atom. The summed E-state index contributed by atoms with van der Waals surface area (Å²) in [5.41, 5.74) is 2.04. The second kappa shape index (κ2) is 12.8. The van der Waals surface area contributed by atoms with Crippen LogP contribution in [0.15, 0.2) is 30.3 Å². The third-order valence-corrected chi connectivity index (χ3v) is 6.04. The topological polar surface area (TPSA) is 110 Å². The molecule has 0 bridgehead atoms. The zero-order valence-corrected chi connectivity index (χ0v) is 17.3. The Kier molecular flexibility index (Phi) is 10.4. The predicted molar refractivity (Wildman–Crippen MR) is 112 cm³/mol. The first-order chi connectivity index (χ1) is 14.4. The number of nitrogens with one attached hydrogen (secondary N) is 1. The average Bonchev–Trinajstić information content (AvgIpc) is 3.00. The number of amides is 1. The summed E-state index contributed by atoms with van der Waals surface area (Å²) in [6.45, 7) is 0. The number of carbonyl (C=O) groups is 1. The molecule has 5 N–H and O–H groups in total. The van der Waals surface area contributed by atoms with Crippen LogP contribution < -0.4 is 5.48 Å². The molecule has 30 heavy (non-hydrogen) atoms. The van der Waals surface area contributed by atoms with E-state index in [1.807, 2.05) is 0 Å². The molecule has 1 fully saturated rings. The lowest BCUT2D eigenvalue weighted by Crippen LogP contribution is -2.23. The van der Waals surface area contributed by atoms with E-state index in [0.717, 1.165) is 25.7 Å². The fourth-order valence-corrected chi connectivity index (χ4v) is 4.34. The molecule has 2 rings (SSSR count). The normalized spacial score (nSPS) is 25.0. The van der Waals surface area contributed by atoms with Crippen molar-refractivity contribution in [3.63, 3.8) is 0 Å². The number of carbonyl (C=O) groups excluding carboxylic acids is 1. The van der Waals surface area contributed by atoms with Gasteiger partial charge in [-0.15, -0.1) is 0 Å². The highest BCUT2D eigenvalue weighted by Crippen LogP contribution is 2.39. The van der Waals surface area contributed by atoms with Crippen molar-refractivity contribution < 1.29 is 29.7 Å². The van der Waals surface area contributed by atoms with E-state index >= 15 is 0 Å². The second-order valence-corrected chi connectivity index (χ2v) is 8.21. The van der Waals surface area contributed by atoms with Crippen molar-refractivity contribution in [3.8, 4) is 0 Å². The largest absolute Gasteiger partial charge is 0.393 e. The molecule has 0 saturated heterocycles. The highest BCUT2D eigenvalue weighted by atomic mass is 19.1. The van der Waals surface area contributed by atoms with Gasteiger partial charge in [0.15, 0.2) is 0 Å². The minimum atomic E-state index is -0.743. The molecule has 0 aromatic heterocycles. The number of hydrogen-bond donors (Lipinski definition) is 5. The standard InChI is InChI=1S/C23H34FNO5/c24-20-9-6-5-7-16(20)11-12-17(26)13-14-19-18(21(27)15-22(19)28)8-3-1-2-4-10-23(29)25-30/h5-7,9,11-12,17-19,21-22,26-28,30H,1-4,8,10,13-15H2,(H,25,29)/t17?,18-,19+,21-,22+/m0/s1. The maximum atomic E-state index is 13.6. The molecule has 1 saturated carbocycles. The van der Waals surface area contributed by atoms with Crippen LogP contribution in [0.2, 0.25) is 0 Å². The quantitative estimate of drug-likeness (QED) is 0.201. The van der Waals surface area contributed by atoms with Gasteiger partial charge in [0.1, 0.15) is 5.82 Å². The summed E-state index contributed by atoms with van der Waals surface area (Å²) in [4.78, 5) is 11.0. The van der Waals surface area contributed by atoms with E-state index in [9.17, 15) is 24.5 Å². The number of unbranched alkanes of at least 4 members (excludes halogenated alkanes) is 3. The van der Waals surface area contributed by atoms with E-state index in [1.165, 1.54) is 6.07 Å². The van der Waals surface area contributed by atoms with Crippen molar-refractivity contribution in [2.75, 3.05) is 0 Å². The van der Waals surface area contributed by atoms with Gasteiger partial charge in [-0.25, -0.2) is 9.87 Å². The minimum absolute atomic E-state index is 0.0107. The zero-order valence-electron chi connectivity index (χ0n) is 17.3. The first-order valence-electron chi connectivity index (χ1n) is 10.8. The van der Waals surface area contributed by atoms with Crippen molar-refractivity contribution in [1.82, 2.24) is 5.48 Å². The lowest BCUT2D eigenvalue weighted by molar-refractivity contribution is -0.129. The summed E-state index contributed by atoms with van der Waals surface area (Å²) >= 11 is 0. The average molecular weight is 424 g/mol. The third kappa shape index (κ3) is 7.80. The molecule has 1 aliphatic carbocycles. The molecule has 1 aromatic rings. The summed E-state index contributed by atoms with van der Waals surface area (Å²) < 4.78 is 13.6. The van der Waals surface area contributed by atoms with Crippen LogP contribution in [-0.2, 0) is 4.79 Å². The van der Waals surface area contributed by atoms with Gasteiger partial charge in [-0.1, -0.05) is 49.6 Å². The fourth-order valence-electron chi connectivity index (χ4n) is 4.34. The highest BCUT2D eigenvalue weighted by molar-refractivity contribution is 5.74. The molecule has 7 heteroatoms. The van der Waals surface area contributed by atoms with Crippen LogP contribution in [0.5, 0.6) is 0 Å². The lowest BCUT2D eigenvalue weighted by Gasteiger charge is -2.24. The summed E-state index contributed by atoms with van der Waals surface area (Å²) in [5.74, 6) is -0.806. The van der Waals surface area contributed by atoms with Crippen LogP contribution in [0.3, 0.4) is 0 Å². The molecule has 168 valence electrons. The molecule has 6 nitrogen and oxygen atoms in total. The van der Waals surface area contributed by atoms with Crippen LogP contribution in [-0.4, -0.2) is 44.7 Å². The van der Waals surface area contributed by atoms with E-state index in [2.05, 4.69) is 0 Å². The Hall–Kier alpha value is -1.80. The number of hydroxylamine groups is 1. The van der Waals surface area contributed by atoms with Crippen molar-refractivity contribution in [1.29, 1.82) is 0 Å². The number of hydrogen-bond acceptors (Lipinski definition) is 5. The molecule has 0 spiro atoms. The molecular formula is C23H34FNO5. The van der Waals surface area contributed by atoms with Crippen molar-refractivity contribution in [3.05, 3.63) is 41.7 Å². The predicted octanol–water partition coefficient (Wildman–Crippen LogP) is 3.18. The molecule has 0 radical (unpaired) electrons. The second-order valence-electron chi connectivity index (χ2n) is 8.21. The maximum absolute atomic E-state index is 13.6. The minimum Gasteiger partial charge on any atom is -0.393 e. The van der Waals surface area contributed by atoms with E-state index in [4.69, 9.17) is 5.21 Å². The summed E-state index contributed by atoms with van der Waals surface area (Å²) in [7, 11) is 0. The Morgan fingerprint density at radius 1 is 1.10 bits per heavy atom. The monoisotopic (exact) mass is 423 g/mol. The Bertz CT molecular complexity index is 683. The van der Waals surface area contributed by atoms with Gasteiger partial charge in [0.25, 0.3) is 0 Å². The first-order valence-corrected chi connectivity index (χ1v) is 10.8. The number of benzene rings is 1. The van der Waals surface area contributed by atoms with Gasteiger partial charge in [-0.3, -0.25) is 10.0 Å². The number of aliphatic hydroxyl groups is 3. The SMILES string of the molecule is O=C(CCCCCC[C@H]1[C@@H](CCC(O)C=Cc2ccccc2F)[C@H](O)C[C@@H]1O)NO. The summed E-state index contributed by atoms with van der Waals surface area (Å²) in [6.07, 6.45) is 7.09. The van der Waals surface area contributed by atoms with Gasteiger partial charge in [0, 0.05) is 12.0 Å². The first kappa shape index (κ1) is 24.5. The van der Waals surface area contributed by atoms with E-state index < -0.39 is 18.3 Å². The molecule has 1 aromatic carbocycles. The van der Waals surface area contributed by atoms with Gasteiger partial charge >= 0.3 is 0 Å². The molecular weight excluding hydrogens is 389 g/mol. The molecule has 5 atom stereocenters. The van der Waals surface area contributed by atoms with Crippen molar-refractivity contribution in [2.24, 2.45) is 11.8 Å². The molecule has 0 aliphatic heterocycles. The number of rotatable bonds is 12. The zero-order chi connectivity index (χ0) is 21.9. The Labute approximate surface area is 177 Å². The number of aliphatic hydroxyl groups excluding tert-OH is 3. The van der Waals surface area contributed by atoms with Crippen molar-refractivity contribution >= 4 is 12.0 Å². The summed E-state index contributed by atoms with van der Waals surface area (Å²) in [6, 6.07) is 6.36. The lowest BCUT2D eigenvalue weighted by atomic mass is 9.85. The highest BCUT2D eigenvalue weighted by Gasteiger charge is 2.40. The smallest absolute Gasteiger partial charge is 0.243 e. The van der Waals surface area contributed by atoms with Crippen LogP contribution in [0.4, 0.5) is 4.39 Å². The van der Waals surface area contributed by atoms with Gasteiger partial charge in [-0.2, -0.15) is 0 Å². The Morgan fingerprint density at radius 3 is 2.47 bits per heavy atom. The van der Waals surface area contributed by atoms with E-state index in [-0.39, 0.29) is 23.6 Å². The number of halogens is 1.